The van der Waals surface area contributed by atoms with E-state index in [0.29, 0.717) is 6.04 Å². The summed E-state index contributed by atoms with van der Waals surface area (Å²) in [6, 6.07) is 4.42. The van der Waals surface area contributed by atoms with Gasteiger partial charge in [0.15, 0.2) is 5.82 Å². The summed E-state index contributed by atoms with van der Waals surface area (Å²) in [5.41, 5.74) is 2.00. The van der Waals surface area contributed by atoms with Crippen LogP contribution in [0.5, 0.6) is 0 Å². The number of aromatic amines is 1. The molecule has 2 aromatic rings. The Labute approximate surface area is 112 Å². The van der Waals surface area contributed by atoms with Gasteiger partial charge in [-0.05, 0) is 26.0 Å². The summed E-state index contributed by atoms with van der Waals surface area (Å²) < 4.78 is 0. The van der Waals surface area contributed by atoms with E-state index in [-0.39, 0.29) is 0 Å². The molecule has 0 unspecified atom stereocenters. The Morgan fingerprint density at radius 1 is 1.42 bits per heavy atom. The topological polar surface area (TPSA) is 69.7 Å². The zero-order valence-corrected chi connectivity index (χ0v) is 11.2. The molecule has 0 aliphatic carbocycles. The van der Waals surface area contributed by atoms with Gasteiger partial charge in [0.25, 0.3) is 0 Å². The molecule has 19 heavy (non-hydrogen) atoms. The maximum absolute atomic E-state index is 4.58. The van der Waals surface area contributed by atoms with E-state index in [1.807, 2.05) is 19.1 Å². The van der Waals surface area contributed by atoms with Crippen LogP contribution in [0.1, 0.15) is 12.6 Å². The van der Waals surface area contributed by atoms with Crippen LogP contribution >= 0.6 is 0 Å². The highest BCUT2D eigenvalue weighted by Gasteiger charge is 2.19. The van der Waals surface area contributed by atoms with Crippen molar-refractivity contribution in [3.8, 4) is 11.4 Å². The lowest BCUT2D eigenvalue weighted by Crippen LogP contribution is -2.49. The molecule has 0 radical (unpaired) electrons. The summed E-state index contributed by atoms with van der Waals surface area (Å²) >= 11 is 0. The van der Waals surface area contributed by atoms with Crippen LogP contribution in [0.15, 0.2) is 18.3 Å². The summed E-state index contributed by atoms with van der Waals surface area (Å²) in [7, 11) is 0. The largest absolute Gasteiger partial charge is 0.337 e. The number of aryl methyl sites for hydroxylation is 1. The quantitative estimate of drug-likeness (QED) is 0.840. The molecule has 0 bridgehead atoms. The Bertz CT molecular complexity index is 564. The standard InChI is InChI=1S/C13H18N6/c1-9-7-11(3-4-14-9)12-16-13(18-17-12)19-6-5-15-10(2)8-19/h3-4,7,10,15H,5-6,8H2,1-2H3,(H,16,17,18)/t10-/m0/s1. The zero-order chi connectivity index (χ0) is 13.2. The number of H-pyrrole nitrogens is 1. The fourth-order valence-electron chi connectivity index (χ4n) is 2.33. The number of hydrogen-bond donors (Lipinski definition) is 2. The van der Waals surface area contributed by atoms with Gasteiger partial charge in [0.05, 0.1) is 0 Å². The number of anilines is 1. The van der Waals surface area contributed by atoms with Crippen LogP contribution in [0, 0.1) is 6.92 Å². The maximum atomic E-state index is 4.58. The highest BCUT2D eigenvalue weighted by Crippen LogP contribution is 2.18. The van der Waals surface area contributed by atoms with Crippen molar-refractivity contribution in [1.29, 1.82) is 0 Å². The Kier molecular flexibility index (Phi) is 3.16. The monoisotopic (exact) mass is 258 g/mol. The van der Waals surface area contributed by atoms with Crippen molar-refractivity contribution < 1.29 is 0 Å². The minimum absolute atomic E-state index is 0.471. The normalized spacial score (nSPS) is 19.7. The molecular weight excluding hydrogens is 240 g/mol. The Balaban J connectivity index is 1.83. The van der Waals surface area contributed by atoms with Gasteiger partial charge in [-0.1, -0.05) is 0 Å². The molecule has 0 spiro atoms. The lowest BCUT2D eigenvalue weighted by atomic mass is 10.2. The van der Waals surface area contributed by atoms with Crippen molar-refractivity contribution in [2.24, 2.45) is 0 Å². The number of hydrogen-bond acceptors (Lipinski definition) is 5. The van der Waals surface area contributed by atoms with E-state index >= 15 is 0 Å². The van der Waals surface area contributed by atoms with Crippen molar-refractivity contribution in [3.63, 3.8) is 0 Å². The fourth-order valence-corrected chi connectivity index (χ4v) is 2.33. The van der Waals surface area contributed by atoms with Crippen molar-refractivity contribution in [3.05, 3.63) is 24.0 Å². The molecule has 6 nitrogen and oxygen atoms in total. The average Bonchev–Trinajstić information content (AvgIpc) is 2.88. The van der Waals surface area contributed by atoms with Gasteiger partial charge in [-0.25, -0.2) is 0 Å². The summed E-state index contributed by atoms with van der Waals surface area (Å²) in [6.07, 6.45) is 1.79. The summed E-state index contributed by atoms with van der Waals surface area (Å²) in [5, 5.41) is 10.7. The molecular formula is C13H18N6. The van der Waals surface area contributed by atoms with E-state index < -0.39 is 0 Å². The zero-order valence-electron chi connectivity index (χ0n) is 11.2. The number of pyridine rings is 1. The Morgan fingerprint density at radius 2 is 2.32 bits per heavy atom. The molecule has 1 fully saturated rings. The summed E-state index contributed by atoms with van der Waals surface area (Å²) in [5.74, 6) is 1.57. The second-order valence-electron chi connectivity index (χ2n) is 4.97. The lowest BCUT2D eigenvalue weighted by molar-refractivity contribution is 0.480. The number of nitrogens with one attached hydrogen (secondary N) is 2. The molecule has 0 saturated carbocycles. The van der Waals surface area contributed by atoms with Gasteiger partial charge in [0, 0.05) is 43.1 Å². The van der Waals surface area contributed by atoms with Crippen LogP contribution in [0.3, 0.4) is 0 Å². The van der Waals surface area contributed by atoms with Crippen molar-refractivity contribution >= 4 is 5.95 Å². The second kappa shape index (κ2) is 4.97. The lowest BCUT2D eigenvalue weighted by Gasteiger charge is -2.30. The fraction of sp³-hybridized carbons (Fsp3) is 0.462. The van der Waals surface area contributed by atoms with Crippen LogP contribution in [-0.2, 0) is 0 Å². The summed E-state index contributed by atoms with van der Waals surface area (Å²) in [4.78, 5) is 11.0. The third-order valence-electron chi connectivity index (χ3n) is 3.30. The van der Waals surface area contributed by atoms with E-state index in [0.717, 1.165) is 42.7 Å². The van der Waals surface area contributed by atoms with Gasteiger partial charge >= 0.3 is 0 Å². The molecule has 3 rings (SSSR count). The van der Waals surface area contributed by atoms with Gasteiger partial charge in [-0.15, -0.1) is 5.10 Å². The number of nitrogens with zero attached hydrogens (tertiary/aromatic N) is 4. The third kappa shape index (κ3) is 2.58. The van der Waals surface area contributed by atoms with E-state index in [1.54, 1.807) is 6.20 Å². The second-order valence-corrected chi connectivity index (χ2v) is 4.97. The first-order valence-corrected chi connectivity index (χ1v) is 6.56. The molecule has 6 heteroatoms. The molecule has 100 valence electrons. The molecule has 2 N–H and O–H groups in total. The smallest absolute Gasteiger partial charge is 0.245 e. The van der Waals surface area contributed by atoms with Crippen LogP contribution in [0.4, 0.5) is 5.95 Å². The van der Waals surface area contributed by atoms with Crippen LogP contribution in [0.25, 0.3) is 11.4 Å². The Morgan fingerprint density at radius 3 is 3.11 bits per heavy atom. The van der Waals surface area contributed by atoms with Crippen LogP contribution in [0.2, 0.25) is 0 Å². The van der Waals surface area contributed by atoms with Crippen molar-refractivity contribution in [1.82, 2.24) is 25.5 Å². The minimum atomic E-state index is 0.471. The number of rotatable bonds is 2. The molecule has 2 aromatic heterocycles. The van der Waals surface area contributed by atoms with Gasteiger partial charge in [-0.2, -0.15) is 4.98 Å². The van der Waals surface area contributed by atoms with E-state index in [9.17, 15) is 0 Å². The predicted molar refractivity (Wildman–Crippen MR) is 74.0 cm³/mol. The highest BCUT2D eigenvalue weighted by molar-refractivity contribution is 5.56. The summed E-state index contributed by atoms with van der Waals surface area (Å²) in [6.45, 7) is 6.99. The predicted octanol–water partition coefficient (Wildman–Crippen LogP) is 0.973. The first-order chi connectivity index (χ1) is 9.22. The molecule has 3 heterocycles. The number of piperazine rings is 1. The highest BCUT2D eigenvalue weighted by atomic mass is 15.4. The third-order valence-corrected chi connectivity index (χ3v) is 3.30. The minimum Gasteiger partial charge on any atom is -0.337 e. The molecule has 1 aliphatic heterocycles. The van der Waals surface area contributed by atoms with E-state index in [2.05, 4.69) is 37.3 Å². The van der Waals surface area contributed by atoms with Gasteiger partial charge in [-0.3, -0.25) is 10.1 Å². The molecule has 1 aliphatic rings. The number of aromatic nitrogens is 4. The van der Waals surface area contributed by atoms with Gasteiger partial charge in [0.2, 0.25) is 5.95 Å². The van der Waals surface area contributed by atoms with Crippen molar-refractivity contribution in [2.45, 2.75) is 19.9 Å². The molecule has 0 aromatic carbocycles. The SMILES string of the molecule is Cc1cc(-c2nc(N3CCN[C@@H](C)C3)n[nH]2)ccn1. The molecule has 0 amide bonds. The van der Waals surface area contributed by atoms with E-state index in [4.69, 9.17) is 0 Å². The molecule has 1 saturated heterocycles. The van der Waals surface area contributed by atoms with Crippen molar-refractivity contribution in [2.75, 3.05) is 24.5 Å². The maximum Gasteiger partial charge on any atom is 0.245 e. The first-order valence-electron chi connectivity index (χ1n) is 6.56. The van der Waals surface area contributed by atoms with Crippen LogP contribution < -0.4 is 10.2 Å². The van der Waals surface area contributed by atoms with E-state index in [1.165, 1.54) is 0 Å². The first kappa shape index (κ1) is 12.1. The van der Waals surface area contributed by atoms with Gasteiger partial charge in [0.1, 0.15) is 0 Å². The van der Waals surface area contributed by atoms with Crippen LogP contribution in [-0.4, -0.2) is 45.8 Å². The van der Waals surface area contributed by atoms with Gasteiger partial charge < -0.3 is 10.2 Å². The Hall–Kier alpha value is -1.95. The average molecular weight is 258 g/mol. The molecule has 1 atom stereocenters.